The van der Waals surface area contributed by atoms with E-state index in [-0.39, 0.29) is 11.8 Å². The van der Waals surface area contributed by atoms with E-state index in [1.807, 2.05) is 0 Å². The van der Waals surface area contributed by atoms with Crippen LogP contribution in [0.3, 0.4) is 0 Å². The molecule has 0 saturated carbocycles. The van der Waals surface area contributed by atoms with Gasteiger partial charge >= 0.3 is 0 Å². The van der Waals surface area contributed by atoms with Crippen LogP contribution in [0.5, 0.6) is 0 Å². The van der Waals surface area contributed by atoms with Crippen molar-refractivity contribution in [2.75, 3.05) is 38.0 Å². The smallest absolute Gasteiger partial charge is 0.289 e. The van der Waals surface area contributed by atoms with Crippen molar-refractivity contribution in [3.05, 3.63) is 42.1 Å². The molecule has 0 radical (unpaired) electrons. The molecule has 3 heterocycles. The minimum absolute atomic E-state index is 0.118. The van der Waals surface area contributed by atoms with E-state index < -0.39 is 0 Å². The maximum absolute atomic E-state index is 12.5. The molecule has 1 aliphatic rings. The number of carbonyl (C=O) groups excluding carboxylic acids is 2. The molecule has 2 aromatic rings. The van der Waals surface area contributed by atoms with Crippen molar-refractivity contribution in [3.63, 3.8) is 0 Å². The van der Waals surface area contributed by atoms with E-state index in [0.29, 0.717) is 43.5 Å². The van der Waals surface area contributed by atoms with Gasteiger partial charge in [0.05, 0.1) is 11.8 Å². The van der Waals surface area contributed by atoms with Crippen molar-refractivity contribution >= 4 is 17.8 Å². The number of anilines is 1. The molecule has 0 bridgehead atoms. The highest BCUT2D eigenvalue weighted by Gasteiger charge is 2.26. The van der Waals surface area contributed by atoms with Crippen molar-refractivity contribution in [1.29, 1.82) is 0 Å². The van der Waals surface area contributed by atoms with Gasteiger partial charge in [-0.25, -0.2) is 9.97 Å². The van der Waals surface area contributed by atoms with Crippen LogP contribution in [-0.2, 0) is 0 Å². The van der Waals surface area contributed by atoms with E-state index in [0.717, 1.165) is 13.0 Å². The summed E-state index contributed by atoms with van der Waals surface area (Å²) in [5, 5.41) is 3.07. The Kier molecular flexibility index (Phi) is 5.27. The second kappa shape index (κ2) is 7.78. The van der Waals surface area contributed by atoms with Crippen molar-refractivity contribution in [3.8, 4) is 0 Å². The molecule has 1 N–H and O–H groups in total. The highest BCUT2D eigenvalue weighted by molar-refractivity contribution is 5.94. The van der Waals surface area contributed by atoms with Crippen molar-refractivity contribution in [1.82, 2.24) is 19.8 Å². The van der Waals surface area contributed by atoms with Crippen LogP contribution in [0.4, 0.5) is 5.95 Å². The van der Waals surface area contributed by atoms with Gasteiger partial charge in [0.25, 0.3) is 11.8 Å². The Labute approximate surface area is 145 Å². The molecule has 8 nitrogen and oxygen atoms in total. The number of hydrogen-bond acceptors (Lipinski definition) is 6. The molecule has 1 fully saturated rings. The van der Waals surface area contributed by atoms with Crippen LogP contribution in [-0.4, -0.2) is 64.3 Å². The Morgan fingerprint density at radius 2 is 1.76 bits per heavy atom. The Morgan fingerprint density at radius 3 is 2.32 bits per heavy atom. The molecular formula is C17H21N5O3. The zero-order valence-electron chi connectivity index (χ0n) is 14.1. The molecule has 0 atom stereocenters. The van der Waals surface area contributed by atoms with E-state index in [4.69, 9.17) is 4.42 Å². The van der Waals surface area contributed by atoms with Crippen LogP contribution in [0.1, 0.15) is 34.3 Å². The minimum atomic E-state index is -0.146. The number of hydrogen-bond donors (Lipinski definition) is 1. The first-order valence-electron chi connectivity index (χ1n) is 8.37. The molecule has 0 aliphatic carbocycles. The van der Waals surface area contributed by atoms with Gasteiger partial charge in [0, 0.05) is 45.1 Å². The van der Waals surface area contributed by atoms with Gasteiger partial charge in [0.1, 0.15) is 0 Å². The first kappa shape index (κ1) is 16.9. The number of carbonyl (C=O) groups is 2. The number of piperazine rings is 1. The third-order valence-electron chi connectivity index (χ3n) is 4.02. The Hall–Kier alpha value is -2.90. The van der Waals surface area contributed by atoms with Crippen molar-refractivity contribution < 1.29 is 14.0 Å². The predicted octanol–water partition coefficient (Wildman–Crippen LogP) is 1.49. The highest BCUT2D eigenvalue weighted by atomic mass is 16.3. The largest absolute Gasteiger partial charge is 0.459 e. The van der Waals surface area contributed by atoms with Gasteiger partial charge in [-0.2, -0.15) is 0 Å². The molecule has 1 aliphatic heterocycles. The lowest BCUT2D eigenvalue weighted by molar-refractivity contribution is 0.0517. The van der Waals surface area contributed by atoms with Gasteiger partial charge < -0.3 is 19.5 Å². The van der Waals surface area contributed by atoms with Crippen LogP contribution < -0.4 is 5.32 Å². The second-order valence-electron chi connectivity index (χ2n) is 5.78. The molecular weight excluding hydrogens is 322 g/mol. The summed E-state index contributed by atoms with van der Waals surface area (Å²) >= 11 is 0. The van der Waals surface area contributed by atoms with Crippen molar-refractivity contribution in [2.45, 2.75) is 13.3 Å². The summed E-state index contributed by atoms with van der Waals surface area (Å²) in [5.74, 6) is 0.578. The zero-order chi connectivity index (χ0) is 17.6. The number of nitrogens with zero attached hydrogens (tertiary/aromatic N) is 4. The molecule has 0 aromatic carbocycles. The van der Waals surface area contributed by atoms with Gasteiger partial charge in [-0.1, -0.05) is 6.92 Å². The second-order valence-corrected chi connectivity index (χ2v) is 5.78. The first-order chi connectivity index (χ1) is 12.2. The summed E-state index contributed by atoms with van der Waals surface area (Å²) in [6.07, 6.45) is 5.53. The van der Waals surface area contributed by atoms with E-state index in [1.54, 1.807) is 21.9 Å². The summed E-state index contributed by atoms with van der Waals surface area (Å²) in [5.41, 5.74) is 0.452. The number of aromatic nitrogens is 2. The van der Waals surface area contributed by atoms with Crippen LogP contribution in [0, 0.1) is 0 Å². The summed E-state index contributed by atoms with van der Waals surface area (Å²) in [6.45, 7) is 4.74. The average Bonchev–Trinajstić information content (AvgIpc) is 3.20. The molecule has 0 unspecified atom stereocenters. The van der Waals surface area contributed by atoms with Gasteiger partial charge in [0.15, 0.2) is 5.76 Å². The monoisotopic (exact) mass is 343 g/mol. The highest BCUT2D eigenvalue weighted by Crippen LogP contribution is 2.12. The van der Waals surface area contributed by atoms with E-state index in [2.05, 4.69) is 22.2 Å². The van der Waals surface area contributed by atoms with E-state index >= 15 is 0 Å². The lowest BCUT2D eigenvalue weighted by Crippen LogP contribution is -2.50. The maximum Gasteiger partial charge on any atom is 0.289 e. The van der Waals surface area contributed by atoms with Crippen LogP contribution >= 0.6 is 0 Å². The molecule has 3 rings (SSSR count). The number of rotatable bonds is 5. The zero-order valence-corrected chi connectivity index (χ0v) is 14.1. The molecule has 0 spiro atoms. The number of amides is 2. The quantitative estimate of drug-likeness (QED) is 0.884. The Balaban J connectivity index is 1.55. The summed E-state index contributed by atoms with van der Waals surface area (Å²) in [7, 11) is 0. The van der Waals surface area contributed by atoms with E-state index in [9.17, 15) is 9.59 Å². The fourth-order valence-electron chi connectivity index (χ4n) is 2.62. The summed E-state index contributed by atoms with van der Waals surface area (Å²) < 4.78 is 5.14. The van der Waals surface area contributed by atoms with Crippen molar-refractivity contribution in [2.24, 2.45) is 0 Å². The number of furan rings is 1. The molecule has 2 aromatic heterocycles. The lowest BCUT2D eigenvalue weighted by atomic mass is 10.2. The topological polar surface area (TPSA) is 91.6 Å². The third kappa shape index (κ3) is 3.96. The third-order valence-corrected chi connectivity index (χ3v) is 4.02. The normalized spacial score (nSPS) is 14.4. The van der Waals surface area contributed by atoms with Gasteiger partial charge in [-0.3, -0.25) is 9.59 Å². The maximum atomic E-state index is 12.5. The van der Waals surface area contributed by atoms with Gasteiger partial charge in [-0.15, -0.1) is 0 Å². The standard InChI is InChI=1S/C17H21N5O3/c1-2-5-18-17-19-11-13(12-20-17)15(23)21-6-8-22(9-7-21)16(24)14-4-3-10-25-14/h3-4,10-12H,2,5-9H2,1H3,(H,18,19,20). The minimum Gasteiger partial charge on any atom is -0.459 e. The first-order valence-corrected chi connectivity index (χ1v) is 8.37. The SMILES string of the molecule is CCCNc1ncc(C(=O)N2CCN(C(=O)c3ccco3)CC2)cn1. The molecule has 2 amide bonds. The number of nitrogens with one attached hydrogen (secondary N) is 1. The van der Waals surface area contributed by atoms with Crippen LogP contribution in [0.25, 0.3) is 0 Å². The Bertz CT molecular complexity index is 706. The predicted molar refractivity (Wildman–Crippen MR) is 91.3 cm³/mol. The fraction of sp³-hybridized carbons (Fsp3) is 0.412. The molecule has 132 valence electrons. The van der Waals surface area contributed by atoms with Crippen LogP contribution in [0.15, 0.2) is 35.2 Å². The molecule has 8 heteroatoms. The fourth-order valence-corrected chi connectivity index (χ4v) is 2.62. The van der Waals surface area contributed by atoms with Gasteiger partial charge in [-0.05, 0) is 18.6 Å². The molecule has 25 heavy (non-hydrogen) atoms. The summed E-state index contributed by atoms with van der Waals surface area (Å²) in [6, 6.07) is 3.33. The molecule has 1 saturated heterocycles. The summed E-state index contributed by atoms with van der Waals surface area (Å²) in [4.78, 5) is 36.5. The Morgan fingerprint density at radius 1 is 1.12 bits per heavy atom. The van der Waals surface area contributed by atoms with Gasteiger partial charge in [0.2, 0.25) is 5.95 Å². The average molecular weight is 343 g/mol. The lowest BCUT2D eigenvalue weighted by Gasteiger charge is -2.34. The van der Waals surface area contributed by atoms with Crippen LogP contribution in [0.2, 0.25) is 0 Å². The van der Waals surface area contributed by atoms with E-state index in [1.165, 1.54) is 18.7 Å².